The number of allylic oxidation sites excluding steroid dienone is 1. The highest BCUT2D eigenvalue weighted by Crippen LogP contribution is 2.61. The van der Waals surface area contributed by atoms with Crippen molar-refractivity contribution in [2.75, 3.05) is 6.61 Å². The van der Waals surface area contributed by atoms with Crippen LogP contribution in [-0.4, -0.2) is 23.8 Å². The Labute approximate surface area is 139 Å². The predicted molar refractivity (Wildman–Crippen MR) is 90.8 cm³/mol. The van der Waals surface area contributed by atoms with Gasteiger partial charge in [0.25, 0.3) is 0 Å². The largest absolute Gasteiger partial charge is 0.461 e. The molecule has 1 N–H and O–H groups in total. The molecule has 0 bridgehead atoms. The van der Waals surface area contributed by atoms with E-state index in [0.717, 1.165) is 24.0 Å². The molecule has 3 rings (SSSR count). The minimum atomic E-state index is -0.393. The zero-order chi connectivity index (χ0) is 16.8. The molecular weight excluding hydrogens is 288 g/mol. The van der Waals surface area contributed by atoms with Crippen LogP contribution in [0.3, 0.4) is 0 Å². The first-order valence-corrected chi connectivity index (χ1v) is 8.94. The molecule has 1 saturated heterocycles. The third-order valence-electron chi connectivity index (χ3n) is 6.84. The number of carbonyl (C=O) groups is 1. The van der Waals surface area contributed by atoms with Gasteiger partial charge in [0, 0.05) is 0 Å². The second-order valence-electron chi connectivity index (χ2n) is 8.72. The van der Waals surface area contributed by atoms with Crippen molar-refractivity contribution in [1.29, 1.82) is 0 Å². The summed E-state index contributed by atoms with van der Waals surface area (Å²) < 4.78 is 5.04. The topological polar surface area (TPSA) is 46.5 Å². The number of hydrogen-bond donors (Lipinski definition) is 1. The van der Waals surface area contributed by atoms with Crippen LogP contribution in [0.4, 0.5) is 0 Å². The number of rotatable bonds is 2. The second kappa shape index (κ2) is 5.77. The Morgan fingerprint density at radius 2 is 2.09 bits per heavy atom. The first-order valence-electron chi connectivity index (χ1n) is 8.94. The molecule has 0 radical (unpaired) electrons. The summed E-state index contributed by atoms with van der Waals surface area (Å²) in [5.41, 5.74) is 2.53. The van der Waals surface area contributed by atoms with Crippen LogP contribution in [0.15, 0.2) is 23.8 Å². The van der Waals surface area contributed by atoms with Crippen LogP contribution in [0.5, 0.6) is 0 Å². The van der Waals surface area contributed by atoms with Gasteiger partial charge in [-0.15, -0.1) is 0 Å². The Balaban J connectivity index is 1.86. The zero-order valence-corrected chi connectivity index (χ0v) is 14.7. The first-order chi connectivity index (χ1) is 10.7. The summed E-state index contributed by atoms with van der Waals surface area (Å²) in [7, 11) is 0. The summed E-state index contributed by atoms with van der Waals surface area (Å²) in [6, 6.07) is 0. The van der Waals surface area contributed by atoms with Crippen molar-refractivity contribution in [2.24, 2.45) is 22.7 Å². The number of fused-ring (bicyclic) bond motifs is 1. The molecule has 2 saturated carbocycles. The van der Waals surface area contributed by atoms with Crippen molar-refractivity contribution in [3.05, 3.63) is 23.8 Å². The molecule has 0 aromatic heterocycles. The highest BCUT2D eigenvalue weighted by molar-refractivity contribution is 5.75. The Morgan fingerprint density at radius 1 is 1.35 bits per heavy atom. The van der Waals surface area contributed by atoms with Crippen LogP contribution in [0.1, 0.15) is 59.3 Å². The standard InChI is InChI=1S/C20H30O3/c1-13-15(7-6-14-10-18(22)23-12-14)20(4)9-5-8-19(2,3)17(20)11-16(13)21/h6,15-17,21H,1,5,7-12H2,2-4H3. The fraction of sp³-hybridized carbons (Fsp3) is 0.750. The van der Waals surface area contributed by atoms with E-state index in [9.17, 15) is 9.90 Å². The summed E-state index contributed by atoms with van der Waals surface area (Å²) in [6.45, 7) is 11.8. The molecule has 128 valence electrons. The molecule has 0 aromatic carbocycles. The lowest BCUT2D eigenvalue weighted by atomic mass is 9.46. The van der Waals surface area contributed by atoms with E-state index in [2.05, 4.69) is 33.4 Å². The molecule has 0 aromatic rings. The molecule has 1 heterocycles. The summed E-state index contributed by atoms with van der Waals surface area (Å²) in [6.07, 6.45) is 7.60. The van der Waals surface area contributed by atoms with Crippen molar-refractivity contribution in [2.45, 2.75) is 65.4 Å². The molecule has 0 spiro atoms. The van der Waals surface area contributed by atoms with E-state index in [0.29, 0.717) is 24.9 Å². The minimum Gasteiger partial charge on any atom is -0.461 e. The number of cyclic esters (lactones) is 1. The van der Waals surface area contributed by atoms with Crippen LogP contribution >= 0.6 is 0 Å². The van der Waals surface area contributed by atoms with Gasteiger partial charge in [-0.05, 0) is 59.5 Å². The quantitative estimate of drug-likeness (QED) is 0.618. The van der Waals surface area contributed by atoms with Gasteiger partial charge in [0.1, 0.15) is 6.61 Å². The smallest absolute Gasteiger partial charge is 0.310 e. The minimum absolute atomic E-state index is 0.123. The maximum absolute atomic E-state index is 11.3. The highest BCUT2D eigenvalue weighted by Gasteiger charge is 2.54. The number of carbonyl (C=O) groups excluding carboxylic acids is 1. The SMILES string of the molecule is C=C1C(O)CC2C(C)(C)CCCC2(C)C1CC=C1COC(=O)C1. The highest BCUT2D eigenvalue weighted by atomic mass is 16.5. The number of ether oxygens (including phenoxy) is 1. The van der Waals surface area contributed by atoms with E-state index in [1.807, 2.05) is 0 Å². The third-order valence-corrected chi connectivity index (χ3v) is 6.84. The Bertz CT molecular complexity index is 545. The summed E-state index contributed by atoms with van der Waals surface area (Å²) in [5.74, 6) is 0.690. The van der Waals surface area contributed by atoms with Gasteiger partial charge in [0.15, 0.2) is 0 Å². The first kappa shape index (κ1) is 16.8. The van der Waals surface area contributed by atoms with Gasteiger partial charge >= 0.3 is 5.97 Å². The summed E-state index contributed by atoms with van der Waals surface area (Å²) >= 11 is 0. The van der Waals surface area contributed by atoms with Gasteiger partial charge < -0.3 is 9.84 Å². The van der Waals surface area contributed by atoms with Gasteiger partial charge in [-0.1, -0.05) is 39.8 Å². The fourth-order valence-corrected chi connectivity index (χ4v) is 5.50. The van der Waals surface area contributed by atoms with Gasteiger partial charge in [-0.2, -0.15) is 0 Å². The number of esters is 1. The lowest BCUT2D eigenvalue weighted by Gasteiger charge is -2.59. The Morgan fingerprint density at radius 3 is 2.74 bits per heavy atom. The number of aliphatic hydroxyl groups excluding tert-OH is 1. The van der Waals surface area contributed by atoms with Crippen LogP contribution in [0, 0.1) is 22.7 Å². The lowest BCUT2D eigenvalue weighted by Crippen LogP contribution is -2.52. The van der Waals surface area contributed by atoms with Crippen LogP contribution in [0.2, 0.25) is 0 Å². The molecule has 23 heavy (non-hydrogen) atoms. The van der Waals surface area contributed by atoms with Crippen molar-refractivity contribution < 1.29 is 14.6 Å². The van der Waals surface area contributed by atoms with E-state index >= 15 is 0 Å². The molecule has 1 aliphatic heterocycles. The van der Waals surface area contributed by atoms with E-state index in [4.69, 9.17) is 4.74 Å². The molecule has 3 fully saturated rings. The molecule has 3 nitrogen and oxygen atoms in total. The van der Waals surface area contributed by atoms with E-state index in [-0.39, 0.29) is 16.8 Å². The third kappa shape index (κ3) is 2.88. The maximum Gasteiger partial charge on any atom is 0.310 e. The van der Waals surface area contributed by atoms with Crippen molar-refractivity contribution in [3.63, 3.8) is 0 Å². The van der Waals surface area contributed by atoms with E-state index in [1.54, 1.807) is 0 Å². The second-order valence-corrected chi connectivity index (χ2v) is 8.72. The van der Waals surface area contributed by atoms with E-state index < -0.39 is 6.10 Å². The zero-order valence-electron chi connectivity index (χ0n) is 14.7. The van der Waals surface area contributed by atoms with Gasteiger partial charge in [0.05, 0.1) is 12.5 Å². The monoisotopic (exact) mass is 318 g/mol. The summed E-state index contributed by atoms with van der Waals surface area (Å²) in [4.78, 5) is 11.3. The van der Waals surface area contributed by atoms with Gasteiger partial charge in [0.2, 0.25) is 0 Å². The van der Waals surface area contributed by atoms with Crippen LogP contribution in [0.25, 0.3) is 0 Å². The molecular formula is C20H30O3. The average Bonchev–Trinajstić information content (AvgIpc) is 2.87. The molecule has 3 heteroatoms. The number of aliphatic hydroxyl groups is 1. The normalized spacial score (nSPS) is 41.7. The van der Waals surface area contributed by atoms with Gasteiger partial charge in [-0.3, -0.25) is 4.79 Å². The summed E-state index contributed by atoms with van der Waals surface area (Å²) in [5, 5.41) is 10.6. The lowest BCUT2D eigenvalue weighted by molar-refractivity contribution is -0.137. The van der Waals surface area contributed by atoms with Crippen molar-refractivity contribution in [3.8, 4) is 0 Å². The maximum atomic E-state index is 11.3. The predicted octanol–water partition coefficient (Wildman–Crippen LogP) is 4.02. The van der Waals surface area contributed by atoms with E-state index in [1.165, 1.54) is 19.3 Å². The average molecular weight is 318 g/mol. The number of hydrogen-bond acceptors (Lipinski definition) is 3. The molecule has 3 aliphatic rings. The van der Waals surface area contributed by atoms with Crippen molar-refractivity contribution in [1.82, 2.24) is 0 Å². The Kier molecular flexibility index (Phi) is 4.20. The van der Waals surface area contributed by atoms with Gasteiger partial charge in [-0.25, -0.2) is 0 Å². The molecule has 4 unspecified atom stereocenters. The molecule has 0 amide bonds. The van der Waals surface area contributed by atoms with Crippen LogP contribution in [-0.2, 0) is 9.53 Å². The van der Waals surface area contributed by atoms with Crippen molar-refractivity contribution >= 4 is 5.97 Å². The molecule has 4 atom stereocenters. The fourth-order valence-electron chi connectivity index (χ4n) is 5.50. The van der Waals surface area contributed by atoms with Crippen LogP contribution < -0.4 is 0 Å². The molecule has 2 aliphatic carbocycles. The Hall–Kier alpha value is -1.09.